The second-order valence-electron chi connectivity index (χ2n) is 5.32. The number of hydrogen-bond acceptors (Lipinski definition) is 3. The summed E-state index contributed by atoms with van der Waals surface area (Å²) >= 11 is 0. The van der Waals surface area contributed by atoms with Gasteiger partial charge in [-0.05, 0) is 30.0 Å². The average molecular weight is 278 g/mol. The van der Waals surface area contributed by atoms with Crippen LogP contribution in [0.5, 0.6) is 0 Å². The summed E-state index contributed by atoms with van der Waals surface area (Å²) in [5, 5.41) is 0. The van der Waals surface area contributed by atoms with Crippen molar-refractivity contribution in [3.8, 4) is 0 Å². The highest BCUT2D eigenvalue weighted by atomic mass is 16.5. The van der Waals surface area contributed by atoms with Gasteiger partial charge in [-0.2, -0.15) is 0 Å². The van der Waals surface area contributed by atoms with Crippen LogP contribution < -0.4 is 5.73 Å². The Kier molecular flexibility index (Phi) is 7.09. The van der Waals surface area contributed by atoms with Gasteiger partial charge < -0.3 is 15.4 Å². The maximum absolute atomic E-state index is 12.3. The Morgan fingerprint density at radius 2 is 2.00 bits per heavy atom. The van der Waals surface area contributed by atoms with E-state index in [1.54, 1.807) is 7.11 Å². The Morgan fingerprint density at radius 1 is 1.35 bits per heavy atom. The molecule has 20 heavy (non-hydrogen) atoms. The van der Waals surface area contributed by atoms with Crippen LogP contribution in [0.4, 0.5) is 5.69 Å². The zero-order valence-corrected chi connectivity index (χ0v) is 12.8. The lowest BCUT2D eigenvalue weighted by atomic mass is 10.1. The van der Waals surface area contributed by atoms with Gasteiger partial charge in [0.15, 0.2) is 0 Å². The fourth-order valence-corrected chi connectivity index (χ4v) is 2.18. The second-order valence-corrected chi connectivity index (χ2v) is 5.32. The van der Waals surface area contributed by atoms with E-state index in [0.717, 1.165) is 24.2 Å². The number of anilines is 1. The topological polar surface area (TPSA) is 55.6 Å². The Labute approximate surface area is 121 Å². The molecule has 0 aliphatic carbocycles. The molecule has 0 aliphatic heterocycles. The van der Waals surface area contributed by atoms with E-state index in [1.807, 2.05) is 36.1 Å². The number of carbonyl (C=O) groups excluding carboxylic acids is 1. The Bertz CT molecular complexity index is 403. The maximum Gasteiger partial charge on any atom is 0.223 e. The van der Waals surface area contributed by atoms with E-state index in [9.17, 15) is 4.79 Å². The third-order valence-electron chi connectivity index (χ3n) is 3.17. The fourth-order valence-electron chi connectivity index (χ4n) is 2.18. The first-order valence-electron chi connectivity index (χ1n) is 7.18. The standard InChI is InChI=1S/C16H26N2O2/c1-4-9-18(16(19)10-13(2)12-20-3)11-14-5-7-15(17)8-6-14/h5-8,13H,4,9-12,17H2,1-3H3. The number of amides is 1. The summed E-state index contributed by atoms with van der Waals surface area (Å²) in [6.45, 7) is 6.17. The second kappa shape index (κ2) is 8.59. The molecule has 0 saturated heterocycles. The molecule has 1 aromatic carbocycles. The first-order valence-corrected chi connectivity index (χ1v) is 7.18. The molecule has 1 amide bonds. The van der Waals surface area contributed by atoms with Crippen LogP contribution in [-0.4, -0.2) is 31.1 Å². The molecule has 0 fully saturated rings. The molecule has 0 bridgehead atoms. The van der Waals surface area contributed by atoms with Crippen molar-refractivity contribution in [2.75, 3.05) is 26.0 Å². The Balaban J connectivity index is 2.63. The number of methoxy groups -OCH3 is 1. The van der Waals surface area contributed by atoms with E-state index in [-0.39, 0.29) is 11.8 Å². The van der Waals surface area contributed by atoms with Gasteiger partial charge in [0.1, 0.15) is 0 Å². The predicted molar refractivity (Wildman–Crippen MR) is 82.2 cm³/mol. The molecular formula is C16H26N2O2. The van der Waals surface area contributed by atoms with E-state index in [2.05, 4.69) is 6.92 Å². The summed E-state index contributed by atoms with van der Waals surface area (Å²) in [5.74, 6) is 0.437. The third kappa shape index (κ3) is 5.61. The van der Waals surface area contributed by atoms with E-state index >= 15 is 0 Å². The third-order valence-corrected chi connectivity index (χ3v) is 3.17. The van der Waals surface area contributed by atoms with Gasteiger partial charge in [0.25, 0.3) is 0 Å². The molecule has 1 atom stereocenters. The number of carbonyl (C=O) groups is 1. The highest BCUT2D eigenvalue weighted by molar-refractivity contribution is 5.76. The summed E-state index contributed by atoms with van der Waals surface area (Å²) in [5.41, 5.74) is 7.54. The zero-order chi connectivity index (χ0) is 15.0. The van der Waals surface area contributed by atoms with Gasteiger partial charge >= 0.3 is 0 Å². The quantitative estimate of drug-likeness (QED) is 0.744. The zero-order valence-electron chi connectivity index (χ0n) is 12.8. The van der Waals surface area contributed by atoms with Crippen LogP contribution in [0.2, 0.25) is 0 Å². The van der Waals surface area contributed by atoms with Crippen molar-refractivity contribution in [2.45, 2.75) is 33.2 Å². The van der Waals surface area contributed by atoms with Gasteiger partial charge in [0.05, 0.1) is 0 Å². The minimum atomic E-state index is 0.188. The van der Waals surface area contributed by atoms with Crippen molar-refractivity contribution in [2.24, 2.45) is 5.92 Å². The van der Waals surface area contributed by atoms with Crippen LogP contribution in [-0.2, 0) is 16.1 Å². The number of benzene rings is 1. The van der Waals surface area contributed by atoms with Crippen LogP contribution >= 0.6 is 0 Å². The lowest BCUT2D eigenvalue weighted by Gasteiger charge is -2.24. The monoisotopic (exact) mass is 278 g/mol. The lowest BCUT2D eigenvalue weighted by molar-refractivity contribution is -0.133. The molecule has 0 radical (unpaired) electrons. The summed E-state index contributed by atoms with van der Waals surface area (Å²) < 4.78 is 5.09. The Morgan fingerprint density at radius 3 is 2.55 bits per heavy atom. The number of nitrogen functional groups attached to an aromatic ring is 1. The van der Waals surface area contributed by atoms with Crippen molar-refractivity contribution in [1.29, 1.82) is 0 Å². The van der Waals surface area contributed by atoms with Crippen molar-refractivity contribution in [1.82, 2.24) is 4.90 Å². The van der Waals surface area contributed by atoms with Gasteiger partial charge in [-0.3, -0.25) is 4.79 Å². The normalized spacial score (nSPS) is 12.2. The smallest absolute Gasteiger partial charge is 0.223 e. The van der Waals surface area contributed by atoms with Crippen LogP contribution in [0.3, 0.4) is 0 Å². The lowest BCUT2D eigenvalue weighted by Crippen LogP contribution is -2.32. The maximum atomic E-state index is 12.3. The van der Waals surface area contributed by atoms with Crippen molar-refractivity contribution >= 4 is 11.6 Å². The SMILES string of the molecule is CCCN(Cc1ccc(N)cc1)C(=O)CC(C)COC. The molecule has 1 aromatic rings. The molecule has 4 nitrogen and oxygen atoms in total. The first kappa shape index (κ1) is 16.5. The van der Waals surface area contributed by atoms with Crippen LogP contribution in [0.25, 0.3) is 0 Å². The van der Waals surface area contributed by atoms with Crippen molar-refractivity contribution < 1.29 is 9.53 Å². The van der Waals surface area contributed by atoms with E-state index < -0.39 is 0 Å². The van der Waals surface area contributed by atoms with E-state index in [4.69, 9.17) is 10.5 Å². The predicted octanol–water partition coefficient (Wildman–Crippen LogP) is 2.68. The van der Waals surface area contributed by atoms with Crippen LogP contribution in [0.1, 0.15) is 32.3 Å². The minimum absolute atomic E-state index is 0.188. The summed E-state index contributed by atoms with van der Waals surface area (Å²) in [6, 6.07) is 7.70. The van der Waals surface area contributed by atoms with Crippen molar-refractivity contribution in [3.63, 3.8) is 0 Å². The summed E-state index contributed by atoms with van der Waals surface area (Å²) in [4.78, 5) is 14.2. The summed E-state index contributed by atoms with van der Waals surface area (Å²) in [7, 11) is 1.67. The molecule has 2 N–H and O–H groups in total. The van der Waals surface area contributed by atoms with Gasteiger partial charge in [-0.1, -0.05) is 26.0 Å². The van der Waals surface area contributed by atoms with Gasteiger partial charge in [-0.25, -0.2) is 0 Å². The molecule has 0 saturated carbocycles. The van der Waals surface area contributed by atoms with Crippen molar-refractivity contribution in [3.05, 3.63) is 29.8 Å². The van der Waals surface area contributed by atoms with Crippen LogP contribution in [0.15, 0.2) is 24.3 Å². The molecule has 1 rings (SSSR count). The minimum Gasteiger partial charge on any atom is -0.399 e. The Hall–Kier alpha value is -1.55. The number of hydrogen-bond donors (Lipinski definition) is 1. The van der Waals surface area contributed by atoms with Gasteiger partial charge in [-0.15, -0.1) is 0 Å². The molecule has 0 spiro atoms. The van der Waals surface area contributed by atoms with Gasteiger partial charge in [0.2, 0.25) is 5.91 Å². The molecule has 0 heterocycles. The van der Waals surface area contributed by atoms with Gasteiger partial charge in [0, 0.05) is 38.9 Å². The van der Waals surface area contributed by atoms with Crippen LogP contribution in [0, 0.1) is 5.92 Å². The molecule has 0 aromatic heterocycles. The largest absolute Gasteiger partial charge is 0.399 e. The highest BCUT2D eigenvalue weighted by Crippen LogP contribution is 2.12. The average Bonchev–Trinajstić information content (AvgIpc) is 2.41. The molecule has 0 aliphatic rings. The number of ether oxygens (including phenoxy) is 1. The molecular weight excluding hydrogens is 252 g/mol. The first-order chi connectivity index (χ1) is 9.56. The highest BCUT2D eigenvalue weighted by Gasteiger charge is 2.16. The number of rotatable bonds is 8. The molecule has 112 valence electrons. The number of nitrogens with zero attached hydrogens (tertiary/aromatic N) is 1. The number of nitrogens with two attached hydrogens (primary N) is 1. The molecule has 4 heteroatoms. The van der Waals surface area contributed by atoms with E-state index in [0.29, 0.717) is 19.6 Å². The summed E-state index contributed by atoms with van der Waals surface area (Å²) in [6.07, 6.45) is 1.49. The molecule has 1 unspecified atom stereocenters. The fraction of sp³-hybridized carbons (Fsp3) is 0.562. The van der Waals surface area contributed by atoms with E-state index in [1.165, 1.54) is 0 Å².